The number of hydrogen-bond donors (Lipinski definition) is 0. The molecular weight excluding hydrogens is 567 g/mol. The van der Waals surface area contributed by atoms with Crippen LogP contribution in [0.15, 0.2) is 87.7 Å². The molecule has 1 amide bonds. The van der Waals surface area contributed by atoms with Crippen LogP contribution in [0.4, 0.5) is 22.2 Å². The normalized spacial score (nSPS) is 14.2. The van der Waals surface area contributed by atoms with E-state index in [0.717, 1.165) is 46.9 Å². The molecule has 0 radical (unpaired) electrons. The molecule has 0 unspecified atom stereocenters. The van der Waals surface area contributed by atoms with Gasteiger partial charge in [-0.15, -0.1) is 21.6 Å². The Kier molecular flexibility index (Phi) is 8.63. The van der Waals surface area contributed by atoms with E-state index in [0.29, 0.717) is 20.5 Å². The minimum atomic E-state index is -0.667. The predicted molar refractivity (Wildman–Crippen MR) is 166 cm³/mol. The lowest BCUT2D eigenvalue weighted by Gasteiger charge is -2.22. The molecule has 3 heterocycles. The van der Waals surface area contributed by atoms with Gasteiger partial charge in [0.1, 0.15) is 22.7 Å². The van der Waals surface area contributed by atoms with Crippen LogP contribution in [0.3, 0.4) is 0 Å². The number of nitriles is 2. The van der Waals surface area contributed by atoms with Crippen LogP contribution in [0.5, 0.6) is 0 Å². The lowest BCUT2D eigenvalue weighted by molar-refractivity contribution is -0.115. The number of anilines is 2. The van der Waals surface area contributed by atoms with Gasteiger partial charge in [-0.3, -0.25) is 14.5 Å². The summed E-state index contributed by atoms with van der Waals surface area (Å²) in [4.78, 5) is 36.0. The maximum Gasteiger partial charge on any atom is 0.267 e. The minimum Gasteiger partial charge on any atom is -0.372 e. The highest BCUT2D eigenvalue weighted by Gasteiger charge is 2.42. The number of fused-ring (bicyclic) bond motifs is 1. The largest absolute Gasteiger partial charge is 0.372 e. The molecule has 208 valence electrons. The lowest BCUT2D eigenvalue weighted by atomic mass is 10.1. The fraction of sp³-hybridized carbons (Fsp3) is 0.194. The molecule has 0 aliphatic carbocycles. The second-order valence-electron chi connectivity index (χ2n) is 9.27. The van der Waals surface area contributed by atoms with Gasteiger partial charge in [-0.1, -0.05) is 42.9 Å². The van der Waals surface area contributed by atoms with Crippen molar-refractivity contribution in [2.75, 3.05) is 22.9 Å². The second kappa shape index (κ2) is 12.7. The SMILES string of the molecule is CCCCN(CC)c1ccc(/N=N/c2nc3sc(/C=C4\C(=O)C(=C(C#N)C#N)N(c5ccccc5)C4=O)cc3s2)cc1. The van der Waals surface area contributed by atoms with Gasteiger partial charge in [0.15, 0.2) is 5.57 Å². The number of Topliss-reactive ketones (excluding diaryl/α,β-unsaturated/α-hetero) is 1. The van der Waals surface area contributed by atoms with Crippen molar-refractivity contribution in [1.29, 1.82) is 10.5 Å². The number of thiophene rings is 1. The average molecular weight is 592 g/mol. The molecule has 11 heteroatoms. The van der Waals surface area contributed by atoms with Gasteiger partial charge in [0, 0.05) is 29.3 Å². The molecule has 9 nitrogen and oxygen atoms in total. The Hall–Kier alpha value is -4.97. The fourth-order valence-electron chi connectivity index (χ4n) is 4.50. The molecule has 1 aliphatic heterocycles. The van der Waals surface area contributed by atoms with Crippen molar-refractivity contribution in [3.63, 3.8) is 0 Å². The molecular formula is C31H25N7O2S2. The summed E-state index contributed by atoms with van der Waals surface area (Å²) in [5.41, 5.74) is 1.51. The van der Waals surface area contributed by atoms with Crippen LogP contribution in [0.2, 0.25) is 0 Å². The first-order valence-electron chi connectivity index (χ1n) is 13.3. The zero-order valence-corrected chi connectivity index (χ0v) is 24.6. The second-order valence-corrected chi connectivity index (χ2v) is 11.3. The smallest absolute Gasteiger partial charge is 0.267 e. The van der Waals surface area contributed by atoms with Crippen molar-refractivity contribution < 1.29 is 9.59 Å². The number of azo groups is 1. The van der Waals surface area contributed by atoms with E-state index < -0.39 is 17.3 Å². The van der Waals surface area contributed by atoms with Gasteiger partial charge >= 0.3 is 0 Å². The van der Waals surface area contributed by atoms with Crippen LogP contribution in [0, 0.1) is 22.7 Å². The third-order valence-electron chi connectivity index (χ3n) is 6.60. The zero-order chi connectivity index (χ0) is 29.6. The van der Waals surface area contributed by atoms with Crippen molar-refractivity contribution in [3.05, 3.63) is 82.4 Å². The van der Waals surface area contributed by atoms with Crippen molar-refractivity contribution in [1.82, 2.24) is 4.98 Å². The molecule has 0 saturated carbocycles. The molecule has 1 aliphatic rings. The molecule has 0 spiro atoms. The number of unbranched alkanes of at least 4 members (excludes halogenated alkanes) is 1. The molecule has 2 aromatic carbocycles. The first-order chi connectivity index (χ1) is 20.5. The van der Waals surface area contributed by atoms with Crippen LogP contribution in [0.1, 0.15) is 31.6 Å². The summed E-state index contributed by atoms with van der Waals surface area (Å²) in [5, 5.41) is 28.0. The van der Waals surface area contributed by atoms with E-state index in [1.807, 2.05) is 18.2 Å². The minimum absolute atomic E-state index is 0.120. The number of allylic oxidation sites excluding steroid dienone is 2. The van der Waals surface area contributed by atoms with E-state index in [-0.39, 0.29) is 11.3 Å². The van der Waals surface area contributed by atoms with E-state index in [9.17, 15) is 20.1 Å². The highest BCUT2D eigenvalue weighted by Crippen LogP contribution is 2.38. The quantitative estimate of drug-likeness (QED) is 0.0850. The predicted octanol–water partition coefficient (Wildman–Crippen LogP) is 7.70. The van der Waals surface area contributed by atoms with E-state index in [1.54, 1.807) is 42.5 Å². The van der Waals surface area contributed by atoms with Gasteiger partial charge in [-0.05, 0) is 61.9 Å². The zero-order valence-electron chi connectivity index (χ0n) is 22.9. The van der Waals surface area contributed by atoms with E-state index in [2.05, 4.69) is 46.1 Å². The number of nitrogens with zero attached hydrogens (tertiary/aromatic N) is 7. The average Bonchev–Trinajstić information content (AvgIpc) is 3.65. The number of benzene rings is 2. The third kappa shape index (κ3) is 5.75. The van der Waals surface area contributed by atoms with Gasteiger partial charge < -0.3 is 4.90 Å². The lowest BCUT2D eigenvalue weighted by Crippen LogP contribution is -2.24. The molecule has 2 aromatic heterocycles. The van der Waals surface area contributed by atoms with E-state index in [1.165, 1.54) is 28.7 Å². The number of amides is 1. The maximum absolute atomic E-state index is 13.4. The number of carbonyl (C=O) groups is 2. The van der Waals surface area contributed by atoms with Crippen LogP contribution in [-0.4, -0.2) is 29.8 Å². The summed E-state index contributed by atoms with van der Waals surface area (Å²) < 4.78 is 0.842. The number of aromatic nitrogens is 1. The van der Waals surface area contributed by atoms with E-state index in [4.69, 9.17) is 0 Å². The molecule has 0 N–H and O–H groups in total. The van der Waals surface area contributed by atoms with Crippen molar-refractivity contribution in [2.24, 2.45) is 10.2 Å². The number of rotatable bonds is 9. The monoisotopic (exact) mass is 591 g/mol. The van der Waals surface area contributed by atoms with E-state index >= 15 is 0 Å². The highest BCUT2D eigenvalue weighted by molar-refractivity contribution is 7.29. The summed E-state index contributed by atoms with van der Waals surface area (Å²) in [6, 6.07) is 21.8. The molecule has 5 rings (SSSR count). The van der Waals surface area contributed by atoms with Crippen LogP contribution in [-0.2, 0) is 9.59 Å². The maximum atomic E-state index is 13.4. The standard InChI is InChI=1S/C31H25N7O2S2/c1-3-5-15-37(4-2)22-13-11-21(12-14-22)35-36-31-34-29-26(42-31)17-24(41-29)16-25-28(39)27(20(18-32)19-33)38(30(25)40)23-9-7-6-8-10-23/h6-14,16-17H,3-5,15H2,1-2H3/b25-16+,36-35+. The van der Waals surface area contributed by atoms with Crippen LogP contribution in [0.25, 0.3) is 15.6 Å². The number of ketones is 1. The Morgan fingerprint density at radius 1 is 1.02 bits per heavy atom. The highest BCUT2D eigenvalue weighted by atomic mass is 32.1. The number of hydrogen-bond acceptors (Lipinski definition) is 10. The summed E-state index contributed by atoms with van der Waals surface area (Å²) in [5.74, 6) is -1.26. The van der Waals surface area contributed by atoms with Gasteiger partial charge in [0.2, 0.25) is 10.9 Å². The Labute approximate surface area is 251 Å². The Balaban J connectivity index is 1.37. The molecule has 4 aromatic rings. The van der Waals surface area contributed by atoms with Crippen LogP contribution >= 0.6 is 22.7 Å². The molecule has 0 bridgehead atoms. The van der Waals surface area contributed by atoms with Crippen molar-refractivity contribution >= 4 is 72.2 Å². The molecule has 1 fully saturated rings. The van der Waals surface area contributed by atoms with Crippen molar-refractivity contribution in [2.45, 2.75) is 26.7 Å². The molecule has 0 atom stereocenters. The summed E-state index contributed by atoms with van der Waals surface area (Å²) in [7, 11) is 0. The van der Waals surface area contributed by atoms with Gasteiger partial charge in [0.25, 0.3) is 5.91 Å². The summed E-state index contributed by atoms with van der Waals surface area (Å²) in [6.07, 6.45) is 3.79. The summed E-state index contributed by atoms with van der Waals surface area (Å²) >= 11 is 2.66. The Morgan fingerprint density at radius 3 is 2.40 bits per heavy atom. The fourth-order valence-corrected chi connectivity index (χ4v) is 6.49. The summed E-state index contributed by atoms with van der Waals surface area (Å²) in [6.45, 7) is 6.30. The first-order valence-corrected chi connectivity index (χ1v) is 15.0. The van der Waals surface area contributed by atoms with Gasteiger partial charge in [-0.2, -0.15) is 10.5 Å². The van der Waals surface area contributed by atoms with Gasteiger partial charge in [-0.25, -0.2) is 4.98 Å². The molecule has 42 heavy (non-hydrogen) atoms. The van der Waals surface area contributed by atoms with Crippen molar-refractivity contribution in [3.8, 4) is 12.1 Å². The third-order valence-corrected chi connectivity index (χ3v) is 8.60. The van der Waals surface area contributed by atoms with Crippen LogP contribution < -0.4 is 9.80 Å². The van der Waals surface area contributed by atoms with Gasteiger partial charge in [0.05, 0.1) is 16.0 Å². The number of para-hydroxylation sites is 1. The Morgan fingerprint density at radius 2 is 1.76 bits per heavy atom. The topological polar surface area (TPSA) is 126 Å². The number of thiazole rings is 1. The Bertz CT molecular complexity index is 1770. The molecule has 1 saturated heterocycles. The first kappa shape index (κ1) is 28.6. The number of carbonyl (C=O) groups excluding carboxylic acids is 2.